The van der Waals surface area contributed by atoms with Gasteiger partial charge in [0.25, 0.3) is 0 Å². The summed E-state index contributed by atoms with van der Waals surface area (Å²) >= 11 is 0. The summed E-state index contributed by atoms with van der Waals surface area (Å²) in [5.41, 5.74) is 0.992. The van der Waals surface area contributed by atoms with Gasteiger partial charge in [-0.1, -0.05) is 25.8 Å². The monoisotopic (exact) mass is 292 g/mol. The molecule has 0 amide bonds. The van der Waals surface area contributed by atoms with Crippen molar-refractivity contribution in [3.8, 4) is 0 Å². The number of rotatable bonds is 7. The molecule has 21 heavy (non-hydrogen) atoms. The minimum Gasteiger partial charge on any atom is -0.389 e. The van der Waals surface area contributed by atoms with Crippen molar-refractivity contribution in [3.05, 3.63) is 30.1 Å². The van der Waals surface area contributed by atoms with Crippen molar-refractivity contribution < 1.29 is 9.84 Å². The Labute approximate surface area is 127 Å². The molecule has 1 fully saturated rings. The first-order valence-electron chi connectivity index (χ1n) is 8.09. The fourth-order valence-corrected chi connectivity index (χ4v) is 2.89. The van der Waals surface area contributed by atoms with Gasteiger partial charge in [-0.25, -0.2) is 0 Å². The van der Waals surface area contributed by atoms with Gasteiger partial charge in [-0.3, -0.25) is 4.98 Å². The first-order valence-corrected chi connectivity index (χ1v) is 8.09. The Balaban J connectivity index is 1.64. The normalized spacial score (nSPS) is 25.5. The van der Waals surface area contributed by atoms with Crippen LogP contribution in [-0.4, -0.2) is 35.5 Å². The van der Waals surface area contributed by atoms with Gasteiger partial charge < -0.3 is 15.2 Å². The molecule has 1 heterocycles. The Morgan fingerprint density at radius 3 is 3.00 bits per heavy atom. The Bertz CT molecular complexity index is 399. The summed E-state index contributed by atoms with van der Waals surface area (Å²) in [6, 6.07) is 6.01. The van der Waals surface area contributed by atoms with Crippen LogP contribution in [0.1, 0.15) is 51.3 Å². The lowest BCUT2D eigenvalue weighted by atomic mass is 9.89. The molecule has 0 bridgehead atoms. The molecule has 1 aliphatic carbocycles. The van der Waals surface area contributed by atoms with Gasteiger partial charge in [0.05, 0.1) is 24.5 Å². The van der Waals surface area contributed by atoms with E-state index in [2.05, 4.69) is 24.1 Å². The molecule has 4 atom stereocenters. The number of nitrogens with one attached hydrogen (secondary N) is 1. The van der Waals surface area contributed by atoms with E-state index >= 15 is 0 Å². The molecule has 1 saturated carbocycles. The van der Waals surface area contributed by atoms with Crippen LogP contribution < -0.4 is 5.32 Å². The third-order valence-corrected chi connectivity index (χ3v) is 4.20. The second-order valence-electron chi connectivity index (χ2n) is 6.27. The van der Waals surface area contributed by atoms with Gasteiger partial charge in [-0.15, -0.1) is 0 Å². The van der Waals surface area contributed by atoms with E-state index in [0.717, 1.165) is 24.5 Å². The maximum absolute atomic E-state index is 10.0. The topological polar surface area (TPSA) is 54.4 Å². The minimum absolute atomic E-state index is 0.135. The van der Waals surface area contributed by atoms with Gasteiger partial charge in [-0.05, 0) is 37.8 Å². The van der Waals surface area contributed by atoms with E-state index in [-0.39, 0.29) is 6.04 Å². The van der Waals surface area contributed by atoms with E-state index < -0.39 is 6.10 Å². The summed E-state index contributed by atoms with van der Waals surface area (Å²) in [5.74, 6) is 0.753. The number of aliphatic hydroxyl groups excluding tert-OH is 1. The number of aliphatic hydroxyl groups is 1. The van der Waals surface area contributed by atoms with E-state index in [9.17, 15) is 5.11 Å². The van der Waals surface area contributed by atoms with Gasteiger partial charge in [0, 0.05) is 18.8 Å². The molecule has 1 aromatic rings. The Morgan fingerprint density at radius 2 is 2.29 bits per heavy atom. The molecule has 118 valence electrons. The van der Waals surface area contributed by atoms with Crippen LogP contribution in [0.4, 0.5) is 0 Å². The van der Waals surface area contributed by atoms with E-state index in [1.807, 2.05) is 18.2 Å². The van der Waals surface area contributed by atoms with E-state index in [0.29, 0.717) is 19.3 Å². The van der Waals surface area contributed by atoms with Crippen molar-refractivity contribution in [1.82, 2.24) is 10.3 Å². The van der Waals surface area contributed by atoms with Crippen molar-refractivity contribution >= 4 is 0 Å². The lowest BCUT2D eigenvalue weighted by molar-refractivity contribution is -0.0311. The second-order valence-corrected chi connectivity index (χ2v) is 6.27. The summed E-state index contributed by atoms with van der Waals surface area (Å²) in [4.78, 5) is 4.31. The van der Waals surface area contributed by atoms with Crippen molar-refractivity contribution in [2.45, 2.75) is 57.8 Å². The summed E-state index contributed by atoms with van der Waals surface area (Å²) in [5, 5.41) is 13.3. The van der Waals surface area contributed by atoms with Crippen molar-refractivity contribution in [2.75, 3.05) is 13.2 Å². The van der Waals surface area contributed by atoms with Crippen LogP contribution in [0, 0.1) is 5.92 Å². The summed E-state index contributed by atoms with van der Waals surface area (Å²) in [6.45, 7) is 5.28. The number of nitrogens with zero attached hydrogens (tertiary/aromatic N) is 1. The SMILES string of the molecule is CC1CCCC(OCC(O)CNC(C)c2ccccn2)C1. The summed E-state index contributed by atoms with van der Waals surface area (Å²) < 4.78 is 5.85. The fourth-order valence-electron chi connectivity index (χ4n) is 2.89. The maximum atomic E-state index is 10.0. The van der Waals surface area contributed by atoms with Crippen LogP contribution in [0.5, 0.6) is 0 Å². The Hall–Kier alpha value is -0.970. The van der Waals surface area contributed by atoms with E-state index in [1.165, 1.54) is 12.8 Å². The van der Waals surface area contributed by atoms with E-state index in [1.54, 1.807) is 6.20 Å². The van der Waals surface area contributed by atoms with Crippen LogP contribution in [0.25, 0.3) is 0 Å². The van der Waals surface area contributed by atoms with E-state index in [4.69, 9.17) is 4.74 Å². The van der Waals surface area contributed by atoms with Crippen LogP contribution in [0.3, 0.4) is 0 Å². The van der Waals surface area contributed by atoms with Crippen molar-refractivity contribution in [1.29, 1.82) is 0 Å². The molecule has 0 radical (unpaired) electrons. The fraction of sp³-hybridized carbons (Fsp3) is 0.706. The highest BCUT2D eigenvalue weighted by Gasteiger charge is 2.20. The molecule has 4 nitrogen and oxygen atoms in total. The minimum atomic E-state index is -0.464. The smallest absolute Gasteiger partial charge is 0.0898 e. The number of hydrogen-bond donors (Lipinski definition) is 2. The molecule has 4 heteroatoms. The van der Waals surface area contributed by atoms with Crippen LogP contribution >= 0.6 is 0 Å². The zero-order valence-electron chi connectivity index (χ0n) is 13.2. The van der Waals surface area contributed by atoms with Crippen molar-refractivity contribution in [3.63, 3.8) is 0 Å². The largest absolute Gasteiger partial charge is 0.389 e. The number of ether oxygens (including phenoxy) is 1. The lowest BCUT2D eigenvalue weighted by Gasteiger charge is -2.27. The van der Waals surface area contributed by atoms with Gasteiger partial charge in [0.1, 0.15) is 0 Å². The zero-order valence-corrected chi connectivity index (χ0v) is 13.2. The molecule has 2 N–H and O–H groups in total. The van der Waals surface area contributed by atoms with Crippen molar-refractivity contribution in [2.24, 2.45) is 5.92 Å². The quantitative estimate of drug-likeness (QED) is 0.811. The molecular weight excluding hydrogens is 264 g/mol. The molecule has 0 saturated heterocycles. The molecule has 0 aliphatic heterocycles. The second kappa shape index (κ2) is 8.47. The highest BCUT2D eigenvalue weighted by molar-refractivity contribution is 5.07. The molecule has 2 rings (SSSR count). The van der Waals surface area contributed by atoms with Gasteiger partial charge in [0.2, 0.25) is 0 Å². The first-order chi connectivity index (χ1) is 10.1. The maximum Gasteiger partial charge on any atom is 0.0898 e. The highest BCUT2D eigenvalue weighted by Crippen LogP contribution is 2.25. The van der Waals surface area contributed by atoms with Gasteiger partial charge in [0.15, 0.2) is 0 Å². The summed E-state index contributed by atoms with van der Waals surface area (Å²) in [6.07, 6.45) is 6.48. The molecule has 1 aromatic heterocycles. The molecular formula is C17H28N2O2. The first kappa shape index (κ1) is 16.4. The highest BCUT2D eigenvalue weighted by atomic mass is 16.5. The third-order valence-electron chi connectivity index (χ3n) is 4.20. The zero-order chi connectivity index (χ0) is 15.1. The predicted molar refractivity (Wildman–Crippen MR) is 84.0 cm³/mol. The number of hydrogen-bond acceptors (Lipinski definition) is 4. The lowest BCUT2D eigenvalue weighted by Crippen LogP contribution is -2.34. The van der Waals surface area contributed by atoms with Crippen LogP contribution in [-0.2, 0) is 4.74 Å². The Morgan fingerprint density at radius 1 is 1.43 bits per heavy atom. The molecule has 1 aliphatic rings. The number of pyridine rings is 1. The average Bonchev–Trinajstić information content (AvgIpc) is 2.51. The third kappa shape index (κ3) is 5.73. The van der Waals surface area contributed by atoms with Crippen LogP contribution in [0.2, 0.25) is 0 Å². The van der Waals surface area contributed by atoms with Gasteiger partial charge >= 0.3 is 0 Å². The standard InChI is InChI=1S/C17H28N2O2/c1-13-6-5-7-16(10-13)21-12-15(20)11-19-14(2)17-8-3-4-9-18-17/h3-4,8-9,13-16,19-20H,5-7,10-12H2,1-2H3. The Kier molecular flexibility index (Phi) is 6.61. The molecule has 0 aromatic carbocycles. The predicted octanol–water partition coefficient (Wildman–Crippen LogP) is 2.69. The van der Waals surface area contributed by atoms with Gasteiger partial charge in [-0.2, -0.15) is 0 Å². The van der Waals surface area contributed by atoms with Crippen LogP contribution in [0.15, 0.2) is 24.4 Å². The summed E-state index contributed by atoms with van der Waals surface area (Å²) in [7, 11) is 0. The molecule has 0 spiro atoms. The molecule has 4 unspecified atom stereocenters. The number of aromatic nitrogens is 1. The average molecular weight is 292 g/mol.